The number of hydrogen-bond acceptors (Lipinski definition) is 6. The molecule has 1 saturated heterocycles. The van der Waals surface area contributed by atoms with Crippen molar-refractivity contribution in [3.05, 3.63) is 88.0 Å². The highest BCUT2D eigenvalue weighted by Crippen LogP contribution is 2.31. The second kappa shape index (κ2) is 11.9. The van der Waals surface area contributed by atoms with Crippen molar-refractivity contribution in [1.82, 2.24) is 5.32 Å². The fraction of sp³-hybridized carbons (Fsp3) is 0.226. The van der Waals surface area contributed by atoms with Crippen LogP contribution in [0.15, 0.2) is 60.2 Å². The van der Waals surface area contributed by atoms with Gasteiger partial charge in [-0.2, -0.15) is 0 Å². The Morgan fingerprint density at radius 3 is 2.40 bits per heavy atom. The molecular weight excluding hydrogens is 510 g/mol. The molecule has 0 atom stereocenters. The molecular formula is C31H31N3O6. The Balaban J connectivity index is 1.54. The molecule has 0 aromatic heterocycles. The number of amides is 5. The van der Waals surface area contributed by atoms with Crippen LogP contribution < -0.4 is 25.0 Å². The van der Waals surface area contributed by atoms with E-state index in [9.17, 15) is 19.2 Å². The average molecular weight is 542 g/mol. The maximum absolute atomic E-state index is 13.3. The number of carbonyl (C=O) groups excluding carboxylic acids is 4. The number of urea groups is 1. The van der Waals surface area contributed by atoms with Gasteiger partial charge in [-0.25, -0.2) is 9.69 Å². The monoisotopic (exact) mass is 541 g/mol. The second-order valence-corrected chi connectivity index (χ2v) is 9.45. The van der Waals surface area contributed by atoms with Gasteiger partial charge in [-0.1, -0.05) is 24.3 Å². The Morgan fingerprint density at radius 2 is 1.68 bits per heavy atom. The highest BCUT2D eigenvalue weighted by Gasteiger charge is 2.37. The minimum absolute atomic E-state index is 0.207. The predicted octanol–water partition coefficient (Wildman–Crippen LogP) is 5.00. The number of nitrogens with zero attached hydrogens (tertiary/aromatic N) is 1. The molecule has 4 rings (SSSR count). The highest BCUT2D eigenvalue weighted by atomic mass is 16.5. The van der Waals surface area contributed by atoms with E-state index in [1.165, 1.54) is 6.08 Å². The van der Waals surface area contributed by atoms with Crippen molar-refractivity contribution in [2.45, 2.75) is 34.6 Å². The molecule has 40 heavy (non-hydrogen) atoms. The lowest BCUT2D eigenvalue weighted by Crippen LogP contribution is -2.54. The fourth-order valence-electron chi connectivity index (χ4n) is 4.14. The number of nitrogens with one attached hydrogen (secondary N) is 2. The van der Waals surface area contributed by atoms with E-state index in [0.717, 1.165) is 27.2 Å². The molecule has 0 spiro atoms. The lowest BCUT2D eigenvalue weighted by molar-refractivity contribution is -0.122. The summed E-state index contributed by atoms with van der Waals surface area (Å²) >= 11 is 0. The zero-order valence-corrected chi connectivity index (χ0v) is 23.1. The van der Waals surface area contributed by atoms with Gasteiger partial charge in [0.25, 0.3) is 17.7 Å². The maximum atomic E-state index is 13.3. The number of ether oxygens (including phenoxy) is 2. The van der Waals surface area contributed by atoms with E-state index in [4.69, 9.17) is 9.47 Å². The van der Waals surface area contributed by atoms with Crippen LogP contribution in [-0.4, -0.2) is 37.0 Å². The summed E-state index contributed by atoms with van der Waals surface area (Å²) in [6.45, 7) is 9.57. The van der Waals surface area contributed by atoms with Crippen molar-refractivity contribution in [1.29, 1.82) is 0 Å². The Morgan fingerprint density at radius 1 is 0.900 bits per heavy atom. The third kappa shape index (κ3) is 6.04. The summed E-state index contributed by atoms with van der Waals surface area (Å²) in [6.07, 6.45) is 1.39. The molecule has 3 aromatic carbocycles. The third-order valence-electron chi connectivity index (χ3n) is 6.67. The number of rotatable bonds is 8. The third-order valence-corrected chi connectivity index (χ3v) is 6.67. The molecule has 1 aliphatic heterocycles. The molecule has 2 N–H and O–H groups in total. The topological polar surface area (TPSA) is 114 Å². The van der Waals surface area contributed by atoms with Gasteiger partial charge in [0.15, 0.2) is 18.1 Å². The van der Waals surface area contributed by atoms with Gasteiger partial charge in [0.1, 0.15) is 5.57 Å². The Bertz CT molecular complexity index is 1540. The molecule has 0 bridgehead atoms. The van der Waals surface area contributed by atoms with Crippen molar-refractivity contribution in [2.75, 3.05) is 23.4 Å². The Kier molecular flexibility index (Phi) is 8.33. The van der Waals surface area contributed by atoms with E-state index >= 15 is 0 Å². The van der Waals surface area contributed by atoms with Crippen molar-refractivity contribution in [3.8, 4) is 11.5 Å². The minimum atomic E-state index is -0.812. The molecule has 9 nitrogen and oxygen atoms in total. The van der Waals surface area contributed by atoms with E-state index in [1.807, 2.05) is 45.9 Å². The van der Waals surface area contributed by atoms with Crippen LogP contribution in [0.5, 0.6) is 11.5 Å². The summed E-state index contributed by atoms with van der Waals surface area (Å²) in [6, 6.07) is 14.9. The summed E-state index contributed by atoms with van der Waals surface area (Å²) in [7, 11) is 0. The highest BCUT2D eigenvalue weighted by molar-refractivity contribution is 6.39. The van der Waals surface area contributed by atoms with E-state index in [1.54, 1.807) is 43.3 Å². The second-order valence-electron chi connectivity index (χ2n) is 9.45. The lowest BCUT2D eigenvalue weighted by Gasteiger charge is -2.27. The van der Waals surface area contributed by atoms with Gasteiger partial charge in [0.05, 0.1) is 12.3 Å². The minimum Gasteiger partial charge on any atom is -0.490 e. The number of barbiturate groups is 1. The number of carbonyl (C=O) groups is 4. The Labute approximate surface area is 232 Å². The molecule has 0 saturated carbocycles. The van der Waals surface area contributed by atoms with E-state index in [0.29, 0.717) is 35.0 Å². The first-order chi connectivity index (χ1) is 19.1. The quantitative estimate of drug-likeness (QED) is 0.306. The van der Waals surface area contributed by atoms with Crippen molar-refractivity contribution in [3.63, 3.8) is 0 Å². The van der Waals surface area contributed by atoms with Crippen LogP contribution in [0.2, 0.25) is 0 Å². The average Bonchev–Trinajstić information content (AvgIpc) is 2.91. The molecule has 1 fully saturated rings. The van der Waals surface area contributed by atoms with Crippen molar-refractivity contribution >= 4 is 41.2 Å². The fourth-order valence-corrected chi connectivity index (χ4v) is 4.14. The van der Waals surface area contributed by atoms with Crippen LogP contribution in [0.1, 0.15) is 34.7 Å². The van der Waals surface area contributed by atoms with Gasteiger partial charge < -0.3 is 14.8 Å². The first-order valence-electron chi connectivity index (χ1n) is 12.8. The van der Waals surface area contributed by atoms with Crippen LogP contribution in [-0.2, 0) is 14.4 Å². The zero-order valence-electron chi connectivity index (χ0n) is 23.1. The van der Waals surface area contributed by atoms with Crippen LogP contribution >= 0.6 is 0 Å². The molecule has 206 valence electrons. The van der Waals surface area contributed by atoms with Gasteiger partial charge in [0, 0.05) is 5.69 Å². The smallest absolute Gasteiger partial charge is 0.335 e. The number of anilines is 2. The van der Waals surface area contributed by atoms with Crippen molar-refractivity contribution in [2.24, 2.45) is 0 Å². The van der Waals surface area contributed by atoms with Crippen LogP contribution in [0.25, 0.3) is 6.08 Å². The molecule has 0 radical (unpaired) electrons. The van der Waals surface area contributed by atoms with E-state index in [-0.39, 0.29) is 18.1 Å². The molecule has 0 aliphatic carbocycles. The number of benzene rings is 3. The van der Waals surface area contributed by atoms with Crippen LogP contribution in [0, 0.1) is 27.7 Å². The lowest BCUT2D eigenvalue weighted by atomic mass is 10.0. The predicted molar refractivity (Wildman–Crippen MR) is 153 cm³/mol. The van der Waals surface area contributed by atoms with Gasteiger partial charge in [-0.3, -0.25) is 19.7 Å². The molecule has 1 aliphatic rings. The van der Waals surface area contributed by atoms with Crippen molar-refractivity contribution < 1.29 is 28.7 Å². The van der Waals surface area contributed by atoms with Gasteiger partial charge in [-0.05, 0) is 98.8 Å². The zero-order chi connectivity index (χ0) is 29.0. The first-order valence-corrected chi connectivity index (χ1v) is 12.8. The molecule has 3 aromatic rings. The molecule has 1 heterocycles. The van der Waals surface area contributed by atoms with Gasteiger partial charge in [-0.15, -0.1) is 0 Å². The number of imide groups is 2. The summed E-state index contributed by atoms with van der Waals surface area (Å²) < 4.78 is 11.4. The summed E-state index contributed by atoms with van der Waals surface area (Å²) in [5.74, 6) is -1.20. The summed E-state index contributed by atoms with van der Waals surface area (Å²) in [5, 5.41) is 5.08. The Hall–Kier alpha value is -4.92. The number of aryl methyl sites for hydroxylation is 3. The first kappa shape index (κ1) is 28.1. The largest absolute Gasteiger partial charge is 0.490 e. The molecule has 5 amide bonds. The maximum Gasteiger partial charge on any atom is 0.335 e. The normalized spacial score (nSPS) is 14.3. The van der Waals surface area contributed by atoms with E-state index in [2.05, 4.69) is 10.6 Å². The molecule has 9 heteroatoms. The summed E-state index contributed by atoms with van der Waals surface area (Å²) in [5.41, 5.74) is 5.29. The van der Waals surface area contributed by atoms with Crippen LogP contribution in [0.4, 0.5) is 16.2 Å². The SMILES string of the molecule is CCOc1cc(/C=C2/C(=O)NC(=O)N(c3ccc(C)c(C)c3)C2=O)ccc1OCC(=O)Nc1cccc(C)c1C. The molecule has 0 unspecified atom stereocenters. The van der Waals surface area contributed by atoms with Crippen LogP contribution in [0.3, 0.4) is 0 Å². The number of hydrogen-bond donors (Lipinski definition) is 2. The standard InChI is InChI=1S/C31H31N3O6/c1-6-39-27-16-22(11-13-26(27)40-17-28(35)32-25-9-7-8-19(3)21(25)5)15-24-29(36)33-31(38)34(30(24)37)23-12-10-18(2)20(4)14-23/h7-16H,6,17H2,1-5H3,(H,32,35)(H,33,36,38)/b24-15-. The summed E-state index contributed by atoms with van der Waals surface area (Å²) in [4.78, 5) is 51.9. The van der Waals surface area contributed by atoms with Gasteiger partial charge in [0.2, 0.25) is 0 Å². The van der Waals surface area contributed by atoms with Gasteiger partial charge >= 0.3 is 6.03 Å². The van der Waals surface area contributed by atoms with E-state index < -0.39 is 17.8 Å².